The molecule has 0 bridgehead atoms. The molecule has 0 spiro atoms. The van der Waals surface area contributed by atoms with Crippen LogP contribution < -0.4 is 25.6 Å². The summed E-state index contributed by atoms with van der Waals surface area (Å²) in [7, 11) is 1.59. The molecule has 10 heteroatoms. The van der Waals surface area contributed by atoms with Crippen LogP contribution in [-0.2, 0) is 4.79 Å². The van der Waals surface area contributed by atoms with E-state index in [1.54, 1.807) is 19.4 Å². The Kier molecular flexibility index (Phi) is 7.78. The summed E-state index contributed by atoms with van der Waals surface area (Å²) in [5.74, 6) is 1.91. The molecule has 2 aromatic rings. The lowest BCUT2D eigenvalue weighted by atomic mass is 10.0. The van der Waals surface area contributed by atoms with Gasteiger partial charge in [0.15, 0.2) is 11.6 Å². The number of amides is 1. The number of nitrogens with zero attached hydrogens (tertiary/aromatic N) is 3. The maximum Gasteiger partial charge on any atom is 0.237 e. The van der Waals surface area contributed by atoms with E-state index in [-0.39, 0.29) is 24.0 Å². The summed E-state index contributed by atoms with van der Waals surface area (Å²) in [6.45, 7) is 4.47. The summed E-state index contributed by atoms with van der Waals surface area (Å²) >= 11 is 12.4. The molecule has 8 nitrogen and oxygen atoms in total. The first-order chi connectivity index (χ1) is 15.9. The Bertz CT molecular complexity index is 977. The fraction of sp³-hybridized carbons (Fsp3) is 0.522. The maximum atomic E-state index is 12.4. The Hall–Kier alpha value is -2.29. The number of rotatable bonds is 7. The highest BCUT2D eigenvalue weighted by atomic mass is 35.5. The molecule has 1 aromatic heterocycles. The van der Waals surface area contributed by atoms with Crippen LogP contribution in [0, 0.1) is 0 Å². The zero-order valence-corrected chi connectivity index (χ0v) is 20.4. The van der Waals surface area contributed by atoms with E-state index < -0.39 is 0 Å². The van der Waals surface area contributed by atoms with Gasteiger partial charge in [0, 0.05) is 29.2 Å². The lowest BCUT2D eigenvalue weighted by Gasteiger charge is -2.33. The Morgan fingerprint density at radius 2 is 2.06 bits per heavy atom. The number of anilines is 2. The summed E-state index contributed by atoms with van der Waals surface area (Å²) < 4.78 is 5.47. The second-order valence-electron chi connectivity index (χ2n) is 8.54. The van der Waals surface area contributed by atoms with E-state index in [0.29, 0.717) is 27.6 Å². The molecule has 1 aromatic carbocycles. The van der Waals surface area contributed by atoms with Gasteiger partial charge in [0.05, 0.1) is 25.4 Å². The summed E-state index contributed by atoms with van der Waals surface area (Å²) in [6.07, 6.45) is 5.37. The van der Waals surface area contributed by atoms with Crippen LogP contribution in [0.2, 0.25) is 10.0 Å². The zero-order chi connectivity index (χ0) is 23.4. The summed E-state index contributed by atoms with van der Waals surface area (Å²) in [4.78, 5) is 23.8. The first-order valence-corrected chi connectivity index (χ1v) is 12.1. The first kappa shape index (κ1) is 23.9. The van der Waals surface area contributed by atoms with Crippen LogP contribution >= 0.6 is 23.2 Å². The smallest absolute Gasteiger partial charge is 0.237 e. The molecule has 2 atom stereocenters. The van der Waals surface area contributed by atoms with E-state index in [2.05, 4.69) is 25.8 Å². The number of hydrogen-bond acceptors (Lipinski definition) is 7. The van der Waals surface area contributed by atoms with Gasteiger partial charge in [0.25, 0.3) is 0 Å². The van der Waals surface area contributed by atoms with Crippen LogP contribution in [-0.4, -0.2) is 54.7 Å². The molecule has 2 fully saturated rings. The predicted octanol–water partition coefficient (Wildman–Crippen LogP) is 3.80. The highest BCUT2D eigenvalue weighted by Gasteiger charge is 2.27. The molecule has 1 amide bonds. The van der Waals surface area contributed by atoms with E-state index >= 15 is 0 Å². The highest BCUT2D eigenvalue weighted by Crippen LogP contribution is 2.32. The van der Waals surface area contributed by atoms with Crippen molar-refractivity contribution in [3.8, 4) is 5.75 Å². The Labute approximate surface area is 204 Å². The monoisotopic (exact) mass is 492 g/mol. The van der Waals surface area contributed by atoms with Crippen molar-refractivity contribution in [2.24, 2.45) is 0 Å². The number of ether oxygens (including phenoxy) is 1. The largest absolute Gasteiger partial charge is 0.491 e. The molecule has 2 saturated heterocycles. The Morgan fingerprint density at radius 3 is 2.73 bits per heavy atom. The average Bonchev–Trinajstić information content (AvgIpc) is 3.35. The molecular weight excluding hydrogens is 463 g/mol. The SMILES string of the molecule is COc1cnc(N2CCC(NC(=O)[C@H]3CCCN3)CC2)nc1N[C@H](C)c1ccc(Cl)cc1Cl. The molecule has 0 radical (unpaired) electrons. The Morgan fingerprint density at radius 1 is 1.27 bits per heavy atom. The lowest BCUT2D eigenvalue weighted by Crippen LogP contribution is -2.49. The fourth-order valence-electron chi connectivity index (χ4n) is 4.34. The van der Waals surface area contributed by atoms with Gasteiger partial charge in [-0.1, -0.05) is 29.3 Å². The molecule has 2 aliphatic heterocycles. The van der Waals surface area contributed by atoms with Gasteiger partial charge in [-0.3, -0.25) is 4.79 Å². The fourth-order valence-corrected chi connectivity index (χ4v) is 4.91. The van der Waals surface area contributed by atoms with Crippen molar-refractivity contribution >= 4 is 40.9 Å². The minimum atomic E-state index is -0.114. The molecule has 3 heterocycles. The number of hydrogen-bond donors (Lipinski definition) is 3. The van der Waals surface area contributed by atoms with Gasteiger partial charge in [-0.2, -0.15) is 4.98 Å². The summed E-state index contributed by atoms with van der Waals surface area (Å²) in [6, 6.07) is 5.46. The third-order valence-corrected chi connectivity index (χ3v) is 6.81. The van der Waals surface area contributed by atoms with Gasteiger partial charge in [-0.15, -0.1) is 0 Å². The predicted molar refractivity (Wildman–Crippen MR) is 131 cm³/mol. The maximum absolute atomic E-state index is 12.4. The van der Waals surface area contributed by atoms with Crippen molar-refractivity contribution in [1.82, 2.24) is 20.6 Å². The molecule has 33 heavy (non-hydrogen) atoms. The van der Waals surface area contributed by atoms with Crippen molar-refractivity contribution in [3.63, 3.8) is 0 Å². The van der Waals surface area contributed by atoms with Gasteiger partial charge in [0.2, 0.25) is 11.9 Å². The van der Waals surface area contributed by atoms with Crippen LogP contribution in [0.25, 0.3) is 0 Å². The third-order valence-electron chi connectivity index (χ3n) is 6.25. The summed E-state index contributed by atoms with van der Waals surface area (Å²) in [5, 5.41) is 11.0. The normalized spacial score (nSPS) is 19.9. The number of methoxy groups -OCH3 is 1. The van der Waals surface area contributed by atoms with Gasteiger partial charge < -0.3 is 25.6 Å². The molecule has 0 unspecified atom stereocenters. The quantitative estimate of drug-likeness (QED) is 0.541. The molecule has 0 saturated carbocycles. The Balaban J connectivity index is 1.40. The second kappa shape index (κ2) is 10.8. The molecule has 2 aliphatic rings. The van der Waals surface area contributed by atoms with Crippen LogP contribution in [0.3, 0.4) is 0 Å². The van der Waals surface area contributed by atoms with Crippen LogP contribution in [0.15, 0.2) is 24.4 Å². The topological polar surface area (TPSA) is 91.4 Å². The van der Waals surface area contributed by atoms with E-state index in [1.165, 1.54) is 0 Å². The van der Waals surface area contributed by atoms with Gasteiger partial charge in [0.1, 0.15) is 0 Å². The van der Waals surface area contributed by atoms with Gasteiger partial charge >= 0.3 is 0 Å². The van der Waals surface area contributed by atoms with Crippen molar-refractivity contribution in [1.29, 1.82) is 0 Å². The van der Waals surface area contributed by atoms with Gasteiger partial charge in [-0.25, -0.2) is 4.98 Å². The van der Waals surface area contributed by atoms with Crippen molar-refractivity contribution in [3.05, 3.63) is 40.0 Å². The van der Waals surface area contributed by atoms with Crippen molar-refractivity contribution in [2.45, 2.75) is 50.7 Å². The van der Waals surface area contributed by atoms with Crippen molar-refractivity contribution < 1.29 is 9.53 Å². The number of benzene rings is 1. The molecular formula is C23H30Cl2N6O2. The lowest BCUT2D eigenvalue weighted by molar-refractivity contribution is -0.123. The molecule has 178 valence electrons. The van der Waals surface area contributed by atoms with Crippen LogP contribution in [0.1, 0.15) is 44.2 Å². The van der Waals surface area contributed by atoms with E-state index in [1.807, 2.05) is 19.1 Å². The van der Waals surface area contributed by atoms with Gasteiger partial charge in [-0.05, 0) is 56.8 Å². The number of nitrogens with one attached hydrogen (secondary N) is 3. The van der Waals surface area contributed by atoms with Crippen molar-refractivity contribution in [2.75, 3.05) is 37.0 Å². The van der Waals surface area contributed by atoms with Crippen LogP contribution in [0.4, 0.5) is 11.8 Å². The first-order valence-electron chi connectivity index (χ1n) is 11.4. The zero-order valence-electron chi connectivity index (χ0n) is 18.9. The number of carbonyl (C=O) groups excluding carboxylic acids is 1. The van der Waals surface area contributed by atoms with Crippen LogP contribution in [0.5, 0.6) is 5.75 Å². The van der Waals surface area contributed by atoms with E-state index in [9.17, 15) is 4.79 Å². The molecule has 4 rings (SSSR count). The number of halogens is 2. The third kappa shape index (κ3) is 5.80. The molecule has 0 aliphatic carbocycles. The highest BCUT2D eigenvalue weighted by molar-refractivity contribution is 6.35. The standard InChI is InChI=1S/C23H30Cl2N6O2/c1-14(17-6-5-15(24)12-18(17)25)28-21-20(33-2)13-27-23(30-21)31-10-7-16(8-11-31)29-22(32)19-4-3-9-26-19/h5-6,12-14,16,19,26H,3-4,7-11H2,1-2H3,(H,29,32)(H,27,28,30)/t14-,19-/m1/s1. The molecule has 3 N–H and O–H groups in total. The second-order valence-corrected chi connectivity index (χ2v) is 9.38. The minimum Gasteiger partial charge on any atom is -0.491 e. The number of carbonyl (C=O) groups is 1. The summed E-state index contributed by atoms with van der Waals surface area (Å²) in [5.41, 5.74) is 0.914. The van der Waals surface area contributed by atoms with E-state index in [0.717, 1.165) is 50.9 Å². The average molecular weight is 493 g/mol. The number of aromatic nitrogens is 2. The minimum absolute atomic E-state index is 0.0438. The number of piperidine rings is 1. The van der Waals surface area contributed by atoms with E-state index in [4.69, 9.17) is 32.9 Å².